The van der Waals surface area contributed by atoms with Gasteiger partial charge in [0.2, 0.25) is 0 Å². The fourth-order valence-corrected chi connectivity index (χ4v) is 3.42. The predicted molar refractivity (Wildman–Crippen MR) is 92.6 cm³/mol. The van der Waals surface area contributed by atoms with Gasteiger partial charge in [0.15, 0.2) is 0 Å². The van der Waals surface area contributed by atoms with E-state index in [4.69, 9.17) is 16.6 Å². The number of fused-ring (bicyclic) bond motifs is 3. The second-order valence-electron chi connectivity index (χ2n) is 5.74. The summed E-state index contributed by atoms with van der Waals surface area (Å²) < 4.78 is 14.3. The molecule has 0 aromatic heterocycles. The Hall–Kier alpha value is -2.20. The zero-order valence-electron chi connectivity index (χ0n) is 12.6. The lowest BCUT2D eigenvalue weighted by atomic mass is 9.99. The Balaban J connectivity index is 1.95. The minimum atomic E-state index is -0.273. The minimum Gasteiger partial charge on any atom is -0.323 e. The number of hydrogen-bond acceptors (Lipinski definition) is 3. The van der Waals surface area contributed by atoms with Crippen LogP contribution in [-0.4, -0.2) is 30.7 Å². The maximum Gasteiger partial charge on any atom is 0.132 e. The first kappa shape index (κ1) is 14.4. The number of anilines is 1. The van der Waals surface area contributed by atoms with E-state index in [9.17, 15) is 4.39 Å². The second kappa shape index (κ2) is 5.46. The van der Waals surface area contributed by atoms with E-state index in [1.165, 1.54) is 6.07 Å². The number of hydrogen-bond donors (Lipinski definition) is 0. The van der Waals surface area contributed by atoms with Crippen molar-refractivity contribution in [3.05, 3.63) is 64.4 Å². The third-order valence-corrected chi connectivity index (χ3v) is 4.54. The van der Waals surface area contributed by atoms with Crippen LogP contribution in [0.15, 0.2) is 52.4 Å². The Bertz CT molecular complexity index is 844. The molecule has 3 nitrogen and oxygen atoms in total. The average Bonchev–Trinajstić information content (AvgIpc) is 2.82. The van der Waals surface area contributed by atoms with Crippen molar-refractivity contribution in [1.29, 1.82) is 0 Å². The Morgan fingerprint density at radius 1 is 1.09 bits per heavy atom. The van der Waals surface area contributed by atoms with E-state index in [-0.39, 0.29) is 11.9 Å². The first-order valence-corrected chi connectivity index (χ1v) is 7.92. The number of halogens is 2. The number of aliphatic imine (C=N–C) groups is 2. The van der Waals surface area contributed by atoms with Crippen molar-refractivity contribution in [2.45, 2.75) is 13.0 Å². The van der Waals surface area contributed by atoms with Gasteiger partial charge in [-0.05, 0) is 37.3 Å². The van der Waals surface area contributed by atoms with Crippen molar-refractivity contribution in [3.8, 4) is 0 Å². The van der Waals surface area contributed by atoms with Crippen LogP contribution in [0.3, 0.4) is 0 Å². The molecule has 5 heteroatoms. The zero-order chi connectivity index (χ0) is 16.0. The van der Waals surface area contributed by atoms with Gasteiger partial charge in [0.05, 0.1) is 30.5 Å². The normalized spacial score (nSPS) is 19.6. The van der Waals surface area contributed by atoms with E-state index < -0.39 is 0 Å². The second-order valence-corrected chi connectivity index (χ2v) is 6.18. The lowest BCUT2D eigenvalue weighted by Crippen LogP contribution is -2.37. The number of nitrogens with zero attached hydrogens (tertiary/aromatic N) is 3. The Labute approximate surface area is 139 Å². The smallest absolute Gasteiger partial charge is 0.132 e. The molecule has 0 N–H and O–H groups in total. The lowest BCUT2D eigenvalue weighted by Gasteiger charge is -2.26. The molecular formula is C18H15ClFN3. The Kier molecular flexibility index (Phi) is 3.42. The third-order valence-electron chi connectivity index (χ3n) is 4.31. The van der Waals surface area contributed by atoms with E-state index >= 15 is 0 Å². The molecule has 0 spiro atoms. The fourth-order valence-electron chi connectivity index (χ4n) is 3.24. The molecule has 0 unspecified atom stereocenters. The molecule has 2 aromatic carbocycles. The van der Waals surface area contributed by atoms with Crippen molar-refractivity contribution < 1.29 is 4.39 Å². The van der Waals surface area contributed by atoms with Crippen LogP contribution in [0.2, 0.25) is 5.02 Å². The zero-order valence-corrected chi connectivity index (χ0v) is 13.4. The van der Waals surface area contributed by atoms with Crippen LogP contribution < -0.4 is 4.90 Å². The van der Waals surface area contributed by atoms with Crippen LogP contribution in [-0.2, 0) is 0 Å². The molecule has 0 bridgehead atoms. The van der Waals surface area contributed by atoms with Crippen molar-refractivity contribution >= 4 is 28.8 Å². The summed E-state index contributed by atoms with van der Waals surface area (Å²) in [6.07, 6.45) is 0. The summed E-state index contributed by atoms with van der Waals surface area (Å²) in [7, 11) is 0. The van der Waals surface area contributed by atoms with E-state index in [0.717, 1.165) is 17.1 Å². The van der Waals surface area contributed by atoms with E-state index in [1.807, 2.05) is 31.2 Å². The lowest BCUT2D eigenvalue weighted by molar-refractivity contribution is 0.625. The van der Waals surface area contributed by atoms with Crippen LogP contribution >= 0.6 is 11.6 Å². The topological polar surface area (TPSA) is 28.0 Å². The highest BCUT2D eigenvalue weighted by atomic mass is 35.5. The van der Waals surface area contributed by atoms with Crippen LogP contribution in [0.25, 0.3) is 0 Å². The van der Waals surface area contributed by atoms with Gasteiger partial charge in [0, 0.05) is 16.1 Å². The number of rotatable bonds is 1. The van der Waals surface area contributed by atoms with Crippen molar-refractivity contribution in [2.75, 3.05) is 18.0 Å². The summed E-state index contributed by atoms with van der Waals surface area (Å²) in [6, 6.07) is 12.6. The molecule has 1 atom stereocenters. The minimum absolute atomic E-state index is 0.180. The van der Waals surface area contributed by atoms with Crippen LogP contribution in [0.4, 0.5) is 10.1 Å². The highest BCUT2D eigenvalue weighted by Crippen LogP contribution is 2.33. The van der Waals surface area contributed by atoms with Gasteiger partial charge < -0.3 is 4.90 Å². The molecule has 0 aliphatic carbocycles. The van der Waals surface area contributed by atoms with Gasteiger partial charge in [0.25, 0.3) is 0 Å². The van der Waals surface area contributed by atoms with Gasteiger partial charge in [-0.2, -0.15) is 0 Å². The average molecular weight is 328 g/mol. The van der Waals surface area contributed by atoms with Crippen LogP contribution in [0, 0.1) is 5.82 Å². The molecule has 4 rings (SSSR count). The molecule has 2 heterocycles. The first-order chi connectivity index (χ1) is 11.1. The highest BCUT2D eigenvalue weighted by Gasteiger charge is 2.32. The predicted octanol–water partition coefficient (Wildman–Crippen LogP) is 3.94. The van der Waals surface area contributed by atoms with Gasteiger partial charge in [-0.1, -0.05) is 23.7 Å². The summed E-state index contributed by atoms with van der Waals surface area (Å²) in [5.74, 6) is 0.688. The van der Waals surface area contributed by atoms with Gasteiger partial charge in [-0.3, -0.25) is 9.98 Å². The first-order valence-electron chi connectivity index (χ1n) is 7.54. The Morgan fingerprint density at radius 2 is 1.87 bits per heavy atom. The molecule has 0 saturated heterocycles. The Morgan fingerprint density at radius 3 is 2.70 bits per heavy atom. The summed E-state index contributed by atoms with van der Waals surface area (Å²) in [6.45, 7) is 3.28. The maximum absolute atomic E-state index is 14.3. The molecule has 0 saturated carbocycles. The molecule has 0 radical (unpaired) electrons. The number of benzene rings is 2. The quantitative estimate of drug-likeness (QED) is 0.779. The van der Waals surface area contributed by atoms with Crippen molar-refractivity contribution in [2.24, 2.45) is 9.98 Å². The molecule has 2 aromatic rings. The monoisotopic (exact) mass is 327 g/mol. The highest BCUT2D eigenvalue weighted by molar-refractivity contribution is 6.31. The molecule has 2 aliphatic rings. The third kappa shape index (κ3) is 2.34. The standard InChI is InChI=1S/C18H15ClFN3/c1-11-21-9-13-10-22-18(14-4-2-3-5-16(14)20)15-8-12(19)6-7-17(15)23(11)13/h2-8,13H,9-10H2,1H3/t13-/m0/s1. The molecule has 23 heavy (non-hydrogen) atoms. The van der Waals surface area contributed by atoms with Gasteiger partial charge in [-0.25, -0.2) is 4.39 Å². The molecule has 0 amide bonds. The summed E-state index contributed by atoms with van der Waals surface area (Å²) in [5, 5.41) is 0.611. The molecule has 2 aliphatic heterocycles. The van der Waals surface area contributed by atoms with E-state index in [0.29, 0.717) is 29.4 Å². The van der Waals surface area contributed by atoms with Gasteiger partial charge in [-0.15, -0.1) is 0 Å². The van der Waals surface area contributed by atoms with Crippen LogP contribution in [0.5, 0.6) is 0 Å². The molecular weight excluding hydrogens is 313 g/mol. The summed E-state index contributed by atoms with van der Waals surface area (Å²) in [5.41, 5.74) is 2.99. The van der Waals surface area contributed by atoms with Gasteiger partial charge in [0.1, 0.15) is 11.7 Å². The number of amidine groups is 1. The maximum atomic E-state index is 14.3. The summed E-state index contributed by atoms with van der Waals surface area (Å²) in [4.78, 5) is 11.4. The van der Waals surface area contributed by atoms with E-state index in [1.54, 1.807) is 12.1 Å². The van der Waals surface area contributed by atoms with Gasteiger partial charge >= 0.3 is 0 Å². The van der Waals surface area contributed by atoms with Crippen molar-refractivity contribution in [3.63, 3.8) is 0 Å². The SMILES string of the molecule is CC1=NC[C@H]2CN=C(c3ccccc3F)c3cc(Cl)ccc3N12. The largest absolute Gasteiger partial charge is 0.323 e. The van der Waals surface area contributed by atoms with E-state index in [2.05, 4.69) is 9.89 Å². The molecule has 0 fully saturated rings. The molecule has 116 valence electrons. The fraction of sp³-hybridized carbons (Fsp3) is 0.222. The van der Waals surface area contributed by atoms with Crippen LogP contribution in [0.1, 0.15) is 18.1 Å². The van der Waals surface area contributed by atoms with Crippen molar-refractivity contribution in [1.82, 2.24) is 0 Å². The summed E-state index contributed by atoms with van der Waals surface area (Å²) >= 11 is 6.20.